The van der Waals surface area contributed by atoms with Crippen LogP contribution in [0.5, 0.6) is 0 Å². The van der Waals surface area contributed by atoms with Crippen LogP contribution in [0.2, 0.25) is 0 Å². The van der Waals surface area contributed by atoms with Crippen molar-refractivity contribution in [1.82, 2.24) is 0 Å². The number of hydrogen-bond donors (Lipinski definition) is 0. The fraction of sp³-hybridized carbons (Fsp3) is 0.857. The Morgan fingerprint density at radius 2 is 1.12 bits per heavy atom. The van der Waals surface area contributed by atoms with E-state index in [-0.39, 0.29) is 0 Å². The Bertz CT molecular complexity index is 148. The number of halogens is 2. The van der Waals surface area contributed by atoms with Crippen LogP contribution >= 0.6 is 0 Å². The van der Waals surface area contributed by atoms with Crippen molar-refractivity contribution in [3.05, 3.63) is 12.2 Å². The summed E-state index contributed by atoms with van der Waals surface area (Å²) in [6, 6.07) is 0. The molecule has 0 heterocycles. The van der Waals surface area contributed by atoms with Crippen molar-refractivity contribution in [2.45, 2.75) is 77.6 Å². The Kier molecular flexibility index (Phi) is 10.8. The molecule has 0 aliphatic carbocycles. The Morgan fingerprint density at radius 1 is 0.750 bits per heavy atom. The molecule has 0 spiro atoms. The van der Waals surface area contributed by atoms with Crippen LogP contribution < -0.4 is 0 Å². The van der Waals surface area contributed by atoms with E-state index >= 15 is 0 Å². The van der Waals surface area contributed by atoms with Crippen LogP contribution in [0.25, 0.3) is 0 Å². The molecule has 0 rings (SSSR count). The van der Waals surface area contributed by atoms with Gasteiger partial charge in [-0.1, -0.05) is 64.5 Å². The fourth-order valence-corrected chi connectivity index (χ4v) is 1.61. The minimum Gasteiger partial charge on any atom is -0.243 e. The van der Waals surface area contributed by atoms with Gasteiger partial charge in [0.05, 0.1) is 0 Å². The Hall–Kier alpha value is -0.400. The standard InChI is InChI=1S/C14H26F2/c1-3-5-7-9-13(15)11-12-14(16)10-8-6-4-2/h11-14H,3-10H2,1-2H3. The summed E-state index contributed by atoms with van der Waals surface area (Å²) in [5.74, 6) is 0. The molecule has 0 aromatic carbocycles. The summed E-state index contributed by atoms with van der Waals surface area (Å²) < 4.78 is 26.4. The molecule has 0 radical (unpaired) electrons. The molecular weight excluding hydrogens is 206 g/mol. The predicted molar refractivity (Wildman–Crippen MR) is 67.2 cm³/mol. The van der Waals surface area contributed by atoms with Crippen molar-refractivity contribution < 1.29 is 8.78 Å². The van der Waals surface area contributed by atoms with Gasteiger partial charge in [-0.25, -0.2) is 8.78 Å². The van der Waals surface area contributed by atoms with Gasteiger partial charge in [-0.05, 0) is 12.8 Å². The zero-order valence-corrected chi connectivity index (χ0v) is 10.7. The molecule has 0 saturated carbocycles. The highest BCUT2D eigenvalue weighted by Gasteiger charge is 2.04. The van der Waals surface area contributed by atoms with E-state index in [1.165, 1.54) is 12.2 Å². The van der Waals surface area contributed by atoms with Gasteiger partial charge in [0.25, 0.3) is 0 Å². The molecule has 16 heavy (non-hydrogen) atoms. The maximum absolute atomic E-state index is 13.2. The van der Waals surface area contributed by atoms with Gasteiger partial charge in [-0.15, -0.1) is 0 Å². The largest absolute Gasteiger partial charge is 0.243 e. The second-order valence-corrected chi connectivity index (χ2v) is 4.41. The van der Waals surface area contributed by atoms with Crippen LogP contribution in [0.15, 0.2) is 12.2 Å². The average Bonchev–Trinajstić information content (AvgIpc) is 2.27. The summed E-state index contributed by atoms with van der Waals surface area (Å²) in [4.78, 5) is 0. The Morgan fingerprint density at radius 3 is 1.44 bits per heavy atom. The molecule has 2 heteroatoms. The van der Waals surface area contributed by atoms with Crippen molar-refractivity contribution in [3.63, 3.8) is 0 Å². The number of rotatable bonds is 10. The minimum atomic E-state index is -0.962. The number of alkyl halides is 2. The highest BCUT2D eigenvalue weighted by Crippen LogP contribution is 2.11. The van der Waals surface area contributed by atoms with Crippen LogP contribution in [0.3, 0.4) is 0 Å². The van der Waals surface area contributed by atoms with E-state index in [9.17, 15) is 8.78 Å². The molecule has 2 unspecified atom stereocenters. The van der Waals surface area contributed by atoms with Crippen LogP contribution in [-0.4, -0.2) is 12.3 Å². The molecule has 0 amide bonds. The monoisotopic (exact) mass is 232 g/mol. The third-order valence-corrected chi connectivity index (χ3v) is 2.70. The smallest absolute Gasteiger partial charge is 0.118 e. The third kappa shape index (κ3) is 10.1. The highest BCUT2D eigenvalue weighted by atomic mass is 19.1. The maximum Gasteiger partial charge on any atom is 0.118 e. The molecule has 96 valence electrons. The van der Waals surface area contributed by atoms with E-state index in [1.54, 1.807) is 0 Å². The van der Waals surface area contributed by atoms with E-state index in [4.69, 9.17) is 0 Å². The molecule has 2 atom stereocenters. The zero-order valence-electron chi connectivity index (χ0n) is 10.7. The third-order valence-electron chi connectivity index (χ3n) is 2.70. The molecule has 0 bridgehead atoms. The van der Waals surface area contributed by atoms with Gasteiger partial charge in [0.15, 0.2) is 0 Å². The Balaban J connectivity index is 3.54. The summed E-state index contributed by atoms with van der Waals surface area (Å²) in [5.41, 5.74) is 0. The molecule has 0 saturated heterocycles. The van der Waals surface area contributed by atoms with Gasteiger partial charge in [-0.3, -0.25) is 0 Å². The van der Waals surface area contributed by atoms with Crippen molar-refractivity contribution in [2.24, 2.45) is 0 Å². The lowest BCUT2D eigenvalue weighted by atomic mass is 10.1. The molecular formula is C14H26F2. The first kappa shape index (κ1) is 15.6. The van der Waals surface area contributed by atoms with Gasteiger partial charge >= 0.3 is 0 Å². The van der Waals surface area contributed by atoms with Crippen LogP contribution in [-0.2, 0) is 0 Å². The first-order valence-corrected chi connectivity index (χ1v) is 6.67. The number of allylic oxidation sites excluding steroid dienone is 2. The highest BCUT2D eigenvalue weighted by molar-refractivity contribution is 4.93. The lowest BCUT2D eigenvalue weighted by molar-refractivity contribution is 0.346. The van der Waals surface area contributed by atoms with Crippen LogP contribution in [0.1, 0.15) is 65.2 Å². The molecule has 0 aromatic heterocycles. The van der Waals surface area contributed by atoms with Crippen molar-refractivity contribution in [3.8, 4) is 0 Å². The summed E-state index contributed by atoms with van der Waals surface area (Å²) in [7, 11) is 0. The maximum atomic E-state index is 13.2. The van der Waals surface area contributed by atoms with Gasteiger partial charge in [-0.2, -0.15) is 0 Å². The predicted octanol–water partition coefficient (Wildman–Crippen LogP) is 5.38. The normalized spacial score (nSPS) is 15.5. The van der Waals surface area contributed by atoms with E-state index in [0.29, 0.717) is 12.8 Å². The van der Waals surface area contributed by atoms with Crippen molar-refractivity contribution >= 4 is 0 Å². The first-order valence-electron chi connectivity index (χ1n) is 6.67. The zero-order chi connectivity index (χ0) is 12.2. The molecule has 0 aliphatic rings. The SMILES string of the molecule is CCCCCC(F)C=CC(F)CCCCC. The van der Waals surface area contributed by atoms with Gasteiger partial charge < -0.3 is 0 Å². The van der Waals surface area contributed by atoms with Crippen LogP contribution in [0, 0.1) is 0 Å². The first-order chi connectivity index (χ1) is 7.70. The second kappa shape index (κ2) is 11.1. The van der Waals surface area contributed by atoms with E-state index in [0.717, 1.165) is 38.5 Å². The minimum absolute atomic E-state index is 0.534. The summed E-state index contributed by atoms with van der Waals surface area (Å²) >= 11 is 0. The quantitative estimate of drug-likeness (QED) is 0.350. The van der Waals surface area contributed by atoms with E-state index in [1.807, 2.05) is 0 Å². The number of unbranched alkanes of at least 4 members (excludes halogenated alkanes) is 4. The van der Waals surface area contributed by atoms with E-state index < -0.39 is 12.3 Å². The topological polar surface area (TPSA) is 0 Å². The van der Waals surface area contributed by atoms with Crippen LogP contribution in [0.4, 0.5) is 8.78 Å². The Labute approximate surface area is 99.1 Å². The average molecular weight is 232 g/mol. The lowest BCUT2D eigenvalue weighted by Crippen LogP contribution is -1.99. The number of hydrogen-bond acceptors (Lipinski definition) is 0. The lowest BCUT2D eigenvalue weighted by Gasteiger charge is -2.04. The van der Waals surface area contributed by atoms with Crippen molar-refractivity contribution in [1.29, 1.82) is 0 Å². The van der Waals surface area contributed by atoms with Crippen molar-refractivity contribution in [2.75, 3.05) is 0 Å². The molecule has 0 N–H and O–H groups in total. The summed E-state index contributed by atoms with van der Waals surface area (Å²) in [6.07, 6.45) is 8.04. The molecule has 0 aliphatic heterocycles. The molecule has 0 nitrogen and oxygen atoms in total. The van der Waals surface area contributed by atoms with Gasteiger partial charge in [0.1, 0.15) is 12.3 Å². The summed E-state index contributed by atoms with van der Waals surface area (Å²) in [5, 5.41) is 0. The van der Waals surface area contributed by atoms with Gasteiger partial charge in [0, 0.05) is 0 Å². The summed E-state index contributed by atoms with van der Waals surface area (Å²) in [6.45, 7) is 4.18. The fourth-order valence-electron chi connectivity index (χ4n) is 1.61. The second-order valence-electron chi connectivity index (χ2n) is 4.41. The molecule has 0 fully saturated rings. The molecule has 0 aromatic rings. The van der Waals surface area contributed by atoms with E-state index in [2.05, 4.69) is 13.8 Å². The van der Waals surface area contributed by atoms with Gasteiger partial charge in [0.2, 0.25) is 0 Å².